The molecular weight excluding hydrogens is 401 g/mol. The molecule has 0 saturated carbocycles. The van der Waals surface area contributed by atoms with Gasteiger partial charge in [-0.3, -0.25) is 4.79 Å². The number of carbonyl (C=O) groups is 1. The Bertz CT molecular complexity index is 1020. The molecule has 1 amide bonds. The van der Waals surface area contributed by atoms with Crippen molar-refractivity contribution in [1.82, 2.24) is 0 Å². The highest BCUT2D eigenvalue weighted by Crippen LogP contribution is 2.42. The number of hydrogen-bond acceptors (Lipinski definition) is 3. The molecule has 138 valence electrons. The minimum atomic E-state index is -0.0351. The van der Waals surface area contributed by atoms with Crippen molar-refractivity contribution in [2.45, 2.75) is 20.0 Å². The Morgan fingerprint density at radius 2 is 1.96 bits per heavy atom. The average molecular weight is 418 g/mol. The van der Waals surface area contributed by atoms with Gasteiger partial charge >= 0.3 is 0 Å². The second-order valence-corrected chi connectivity index (χ2v) is 8.17. The van der Waals surface area contributed by atoms with E-state index < -0.39 is 0 Å². The van der Waals surface area contributed by atoms with Gasteiger partial charge in [-0.15, -0.1) is 11.3 Å². The number of fused-ring (bicyclic) bond motifs is 3. The fraction of sp³-hybridized carbons (Fsp3) is 0.190. The maximum atomic E-state index is 13.3. The van der Waals surface area contributed by atoms with Crippen LogP contribution in [0.5, 0.6) is 5.75 Å². The lowest BCUT2D eigenvalue weighted by Gasteiger charge is -2.22. The second-order valence-electron chi connectivity index (χ2n) is 6.31. The third-order valence-electron chi connectivity index (χ3n) is 4.44. The summed E-state index contributed by atoms with van der Waals surface area (Å²) < 4.78 is 5.81. The van der Waals surface area contributed by atoms with Crippen molar-refractivity contribution >= 4 is 46.1 Å². The maximum absolute atomic E-state index is 13.3. The molecule has 3 aromatic rings. The van der Waals surface area contributed by atoms with E-state index in [1.165, 1.54) is 11.3 Å². The van der Waals surface area contributed by atoms with Crippen LogP contribution in [0.15, 0.2) is 48.5 Å². The Hall–Kier alpha value is -2.01. The summed E-state index contributed by atoms with van der Waals surface area (Å²) >= 11 is 13.7. The first-order chi connectivity index (χ1) is 13.1. The van der Waals surface area contributed by atoms with E-state index in [2.05, 4.69) is 0 Å². The van der Waals surface area contributed by atoms with E-state index in [0.717, 1.165) is 33.9 Å². The Balaban J connectivity index is 1.71. The topological polar surface area (TPSA) is 29.5 Å². The van der Waals surface area contributed by atoms with Crippen molar-refractivity contribution in [1.29, 1.82) is 0 Å². The largest absolute Gasteiger partial charge is 0.488 e. The zero-order valence-electron chi connectivity index (χ0n) is 14.7. The zero-order chi connectivity index (χ0) is 19.0. The number of nitrogens with zero attached hydrogens (tertiary/aromatic N) is 1. The highest BCUT2D eigenvalue weighted by molar-refractivity contribution is 7.17. The van der Waals surface area contributed by atoms with Gasteiger partial charge in [-0.2, -0.15) is 0 Å². The molecule has 2 heterocycles. The molecule has 27 heavy (non-hydrogen) atoms. The highest BCUT2D eigenvalue weighted by Gasteiger charge is 2.25. The maximum Gasteiger partial charge on any atom is 0.268 e. The van der Waals surface area contributed by atoms with Crippen LogP contribution in [-0.2, 0) is 6.61 Å². The monoisotopic (exact) mass is 417 g/mol. The van der Waals surface area contributed by atoms with Gasteiger partial charge in [0.05, 0.1) is 14.9 Å². The van der Waals surface area contributed by atoms with Crippen molar-refractivity contribution in [3.8, 4) is 16.2 Å². The number of carbonyl (C=O) groups excluding carboxylic acids is 1. The fourth-order valence-electron chi connectivity index (χ4n) is 3.16. The van der Waals surface area contributed by atoms with Crippen LogP contribution in [-0.4, -0.2) is 12.5 Å². The van der Waals surface area contributed by atoms with Gasteiger partial charge in [-0.25, -0.2) is 0 Å². The average Bonchev–Trinajstić information content (AvgIpc) is 3.13. The highest BCUT2D eigenvalue weighted by atomic mass is 35.5. The van der Waals surface area contributed by atoms with Gasteiger partial charge in [0, 0.05) is 28.2 Å². The molecule has 3 nitrogen and oxygen atoms in total. The molecule has 1 aliphatic rings. The molecule has 0 aliphatic carbocycles. The number of amides is 1. The quantitative estimate of drug-likeness (QED) is 0.474. The molecule has 0 radical (unpaired) electrons. The molecule has 1 aromatic heterocycles. The van der Waals surface area contributed by atoms with Crippen LogP contribution in [0, 0.1) is 0 Å². The Kier molecular flexibility index (Phi) is 5.13. The van der Waals surface area contributed by atoms with Gasteiger partial charge in [-0.05, 0) is 42.8 Å². The fourth-order valence-corrected chi connectivity index (χ4v) is 4.60. The van der Waals surface area contributed by atoms with E-state index in [-0.39, 0.29) is 5.91 Å². The number of hydrogen-bond donors (Lipinski definition) is 0. The van der Waals surface area contributed by atoms with Crippen molar-refractivity contribution in [3.05, 3.63) is 69.0 Å². The molecule has 0 spiro atoms. The van der Waals surface area contributed by atoms with Gasteiger partial charge in [-0.1, -0.05) is 42.3 Å². The standard InChI is InChI=1S/C21H17Cl2NO2S/c1-2-9-24(14-7-8-16(22)17(23)11-14)21(25)19-10-13-12-26-18-6-4-3-5-15(18)20(13)27-19/h3-8,10-11H,2,9,12H2,1H3. The molecule has 6 heteroatoms. The Labute approximate surface area is 172 Å². The van der Waals surface area contributed by atoms with Crippen LogP contribution in [0.3, 0.4) is 0 Å². The number of ether oxygens (including phenoxy) is 1. The lowest BCUT2D eigenvalue weighted by Crippen LogP contribution is -2.31. The summed E-state index contributed by atoms with van der Waals surface area (Å²) in [5, 5.41) is 0.917. The van der Waals surface area contributed by atoms with Crippen molar-refractivity contribution in [2.24, 2.45) is 0 Å². The third-order valence-corrected chi connectivity index (χ3v) is 6.38. The van der Waals surface area contributed by atoms with Gasteiger partial charge < -0.3 is 9.64 Å². The van der Waals surface area contributed by atoms with Crippen LogP contribution >= 0.6 is 34.5 Å². The van der Waals surface area contributed by atoms with Gasteiger partial charge in [0.1, 0.15) is 12.4 Å². The Morgan fingerprint density at radius 3 is 2.74 bits per heavy atom. The number of benzene rings is 2. The molecule has 0 fully saturated rings. The van der Waals surface area contributed by atoms with E-state index in [4.69, 9.17) is 27.9 Å². The summed E-state index contributed by atoms with van der Waals surface area (Å²) in [6.07, 6.45) is 0.836. The number of halogens is 2. The number of rotatable bonds is 4. The molecule has 0 bridgehead atoms. The lowest BCUT2D eigenvalue weighted by molar-refractivity contribution is 0.0990. The van der Waals surface area contributed by atoms with E-state index in [9.17, 15) is 4.79 Å². The molecule has 0 N–H and O–H groups in total. The summed E-state index contributed by atoms with van der Waals surface area (Å²) in [7, 11) is 0. The molecule has 0 atom stereocenters. The van der Waals surface area contributed by atoms with Crippen molar-refractivity contribution < 1.29 is 9.53 Å². The summed E-state index contributed by atoms with van der Waals surface area (Å²) in [5.74, 6) is 0.827. The Morgan fingerprint density at radius 1 is 1.15 bits per heavy atom. The minimum absolute atomic E-state index is 0.0351. The molecule has 1 aliphatic heterocycles. The predicted molar refractivity (Wildman–Crippen MR) is 113 cm³/mol. The minimum Gasteiger partial charge on any atom is -0.488 e. The van der Waals surface area contributed by atoms with Crippen LogP contribution in [0.1, 0.15) is 28.6 Å². The van der Waals surface area contributed by atoms with E-state index in [0.29, 0.717) is 28.1 Å². The van der Waals surface area contributed by atoms with Gasteiger partial charge in [0.25, 0.3) is 5.91 Å². The van der Waals surface area contributed by atoms with Crippen molar-refractivity contribution in [2.75, 3.05) is 11.4 Å². The molecule has 0 saturated heterocycles. The summed E-state index contributed by atoms with van der Waals surface area (Å²) in [4.78, 5) is 16.8. The first kappa shape index (κ1) is 18.4. The van der Waals surface area contributed by atoms with Gasteiger partial charge in [0.2, 0.25) is 0 Å². The summed E-state index contributed by atoms with van der Waals surface area (Å²) in [5.41, 5.74) is 2.84. The number of thiophene rings is 1. The number of para-hydroxylation sites is 1. The zero-order valence-corrected chi connectivity index (χ0v) is 17.0. The van der Waals surface area contributed by atoms with E-state index in [1.807, 2.05) is 43.3 Å². The molecule has 0 unspecified atom stereocenters. The third kappa shape index (κ3) is 3.45. The molecule has 4 rings (SSSR count). The van der Waals surface area contributed by atoms with Crippen LogP contribution in [0.25, 0.3) is 10.4 Å². The lowest BCUT2D eigenvalue weighted by atomic mass is 10.1. The summed E-state index contributed by atoms with van der Waals surface area (Å²) in [6.45, 7) is 3.13. The van der Waals surface area contributed by atoms with Gasteiger partial charge in [0.15, 0.2) is 0 Å². The van der Waals surface area contributed by atoms with Crippen LogP contribution in [0.2, 0.25) is 10.0 Å². The first-order valence-electron chi connectivity index (χ1n) is 8.70. The first-order valence-corrected chi connectivity index (χ1v) is 10.3. The SMILES string of the molecule is CCCN(C(=O)c1cc2c(s1)-c1ccccc1OC2)c1ccc(Cl)c(Cl)c1. The molecule has 2 aromatic carbocycles. The van der Waals surface area contributed by atoms with Crippen LogP contribution < -0.4 is 9.64 Å². The van der Waals surface area contributed by atoms with Crippen molar-refractivity contribution in [3.63, 3.8) is 0 Å². The smallest absolute Gasteiger partial charge is 0.268 e. The van der Waals surface area contributed by atoms with E-state index >= 15 is 0 Å². The van der Waals surface area contributed by atoms with E-state index in [1.54, 1.807) is 17.0 Å². The number of anilines is 1. The second kappa shape index (κ2) is 7.55. The predicted octanol–water partition coefficient (Wildman–Crippen LogP) is 6.67. The molecular formula is C21H17Cl2NO2S. The normalized spacial score (nSPS) is 12.1. The summed E-state index contributed by atoms with van der Waals surface area (Å²) in [6, 6.07) is 15.2. The van der Waals surface area contributed by atoms with Crippen LogP contribution in [0.4, 0.5) is 5.69 Å².